The smallest absolute Gasteiger partial charge is 0.119 e. The van der Waals surface area contributed by atoms with Gasteiger partial charge >= 0.3 is 0 Å². The van der Waals surface area contributed by atoms with Gasteiger partial charge in [-0.25, -0.2) is 0 Å². The molecule has 1 fully saturated rings. The topological polar surface area (TPSA) is 21.3 Å². The minimum atomic E-state index is 0.451. The molecular weight excluding hydrogens is 258 g/mol. The maximum atomic E-state index is 5.38. The first kappa shape index (κ1) is 14.9. The first-order chi connectivity index (χ1) is 10.1. The van der Waals surface area contributed by atoms with E-state index in [1.54, 1.807) is 7.11 Å². The summed E-state index contributed by atoms with van der Waals surface area (Å²) >= 11 is 0. The molecule has 2 aliphatic carbocycles. The predicted octanol–water partition coefficient (Wildman–Crippen LogP) is 4.11. The fourth-order valence-corrected chi connectivity index (χ4v) is 4.09. The highest BCUT2D eigenvalue weighted by molar-refractivity contribution is 5.37. The molecule has 116 valence electrons. The predicted molar refractivity (Wildman–Crippen MR) is 88.0 cm³/mol. The summed E-state index contributed by atoms with van der Waals surface area (Å²) in [5.74, 6) is 0.993. The second-order valence-corrected chi connectivity index (χ2v) is 7.53. The van der Waals surface area contributed by atoms with Gasteiger partial charge in [0.25, 0.3) is 0 Å². The Bertz CT molecular complexity index is 494. The van der Waals surface area contributed by atoms with Crippen LogP contribution in [0.15, 0.2) is 18.2 Å². The van der Waals surface area contributed by atoms with Crippen molar-refractivity contribution in [2.24, 2.45) is 5.41 Å². The number of ether oxygens (including phenoxy) is 1. The molecule has 0 heterocycles. The second-order valence-electron chi connectivity index (χ2n) is 7.53. The van der Waals surface area contributed by atoms with Gasteiger partial charge in [-0.2, -0.15) is 0 Å². The zero-order valence-electron chi connectivity index (χ0n) is 13.7. The summed E-state index contributed by atoms with van der Waals surface area (Å²) in [6, 6.07) is 7.89. The van der Waals surface area contributed by atoms with Crippen LogP contribution in [0.2, 0.25) is 0 Å². The molecule has 1 aromatic rings. The van der Waals surface area contributed by atoms with Crippen molar-refractivity contribution in [3.8, 4) is 5.75 Å². The molecule has 3 rings (SSSR count). The Kier molecular flexibility index (Phi) is 4.26. The molecule has 0 radical (unpaired) electrons. The van der Waals surface area contributed by atoms with Crippen molar-refractivity contribution in [1.82, 2.24) is 5.32 Å². The van der Waals surface area contributed by atoms with Crippen LogP contribution >= 0.6 is 0 Å². The third-order valence-corrected chi connectivity index (χ3v) is 5.59. The normalized spacial score (nSPS) is 28.0. The number of hydrogen-bond donors (Lipinski definition) is 1. The maximum Gasteiger partial charge on any atom is 0.119 e. The minimum Gasteiger partial charge on any atom is -0.497 e. The maximum absolute atomic E-state index is 5.38. The SMILES string of the molecule is COc1ccc2c(c1)CC(NC1CCCCC1(C)C)CC2. The molecule has 2 aliphatic rings. The van der Waals surface area contributed by atoms with E-state index in [1.165, 1.54) is 49.7 Å². The largest absolute Gasteiger partial charge is 0.497 e. The standard InChI is InChI=1S/C19H29NO/c1-19(2)11-5-4-6-18(19)20-16-9-7-14-8-10-17(21-3)13-15(14)12-16/h8,10,13,16,18,20H,4-7,9,11-12H2,1-3H3. The van der Waals surface area contributed by atoms with Crippen LogP contribution in [0.1, 0.15) is 57.1 Å². The van der Waals surface area contributed by atoms with Crippen LogP contribution in [0.4, 0.5) is 0 Å². The van der Waals surface area contributed by atoms with Crippen molar-refractivity contribution in [2.45, 2.75) is 70.9 Å². The molecule has 1 aromatic carbocycles. The van der Waals surface area contributed by atoms with Crippen molar-refractivity contribution in [3.63, 3.8) is 0 Å². The molecule has 0 saturated heterocycles. The molecule has 1 N–H and O–H groups in total. The summed E-state index contributed by atoms with van der Waals surface area (Å²) in [5.41, 5.74) is 3.44. The minimum absolute atomic E-state index is 0.451. The van der Waals surface area contributed by atoms with Gasteiger partial charge in [-0.1, -0.05) is 32.8 Å². The Labute approximate surface area is 129 Å². The van der Waals surface area contributed by atoms with Crippen LogP contribution in [0.25, 0.3) is 0 Å². The summed E-state index contributed by atoms with van der Waals surface area (Å²) in [5, 5.41) is 3.99. The summed E-state index contributed by atoms with van der Waals surface area (Å²) in [7, 11) is 1.75. The highest BCUT2D eigenvalue weighted by atomic mass is 16.5. The van der Waals surface area contributed by atoms with Gasteiger partial charge in [-0.15, -0.1) is 0 Å². The number of benzene rings is 1. The van der Waals surface area contributed by atoms with Gasteiger partial charge in [0, 0.05) is 12.1 Å². The second kappa shape index (κ2) is 6.00. The van der Waals surface area contributed by atoms with Gasteiger partial charge in [0.1, 0.15) is 5.75 Å². The first-order valence-corrected chi connectivity index (χ1v) is 8.50. The van der Waals surface area contributed by atoms with E-state index in [0.29, 0.717) is 17.5 Å². The lowest BCUT2D eigenvalue weighted by atomic mass is 9.72. The lowest BCUT2D eigenvalue weighted by molar-refractivity contribution is 0.152. The monoisotopic (exact) mass is 287 g/mol. The van der Waals surface area contributed by atoms with Gasteiger partial charge in [0.2, 0.25) is 0 Å². The summed E-state index contributed by atoms with van der Waals surface area (Å²) in [6.07, 6.45) is 9.11. The number of nitrogens with one attached hydrogen (secondary N) is 1. The average Bonchev–Trinajstić information content (AvgIpc) is 2.48. The van der Waals surface area contributed by atoms with Crippen LogP contribution in [0, 0.1) is 5.41 Å². The molecule has 2 heteroatoms. The molecule has 2 nitrogen and oxygen atoms in total. The summed E-state index contributed by atoms with van der Waals surface area (Å²) < 4.78 is 5.38. The van der Waals surface area contributed by atoms with Crippen molar-refractivity contribution >= 4 is 0 Å². The van der Waals surface area contributed by atoms with Crippen molar-refractivity contribution in [3.05, 3.63) is 29.3 Å². The Morgan fingerprint density at radius 2 is 2.00 bits per heavy atom. The van der Waals surface area contributed by atoms with Crippen LogP contribution in [-0.2, 0) is 12.8 Å². The van der Waals surface area contributed by atoms with Crippen molar-refractivity contribution in [1.29, 1.82) is 0 Å². The Morgan fingerprint density at radius 1 is 1.14 bits per heavy atom. The molecule has 0 aliphatic heterocycles. The quantitative estimate of drug-likeness (QED) is 0.903. The number of methoxy groups -OCH3 is 1. The van der Waals surface area contributed by atoms with Crippen molar-refractivity contribution in [2.75, 3.05) is 7.11 Å². The zero-order valence-corrected chi connectivity index (χ0v) is 13.7. The first-order valence-electron chi connectivity index (χ1n) is 8.50. The van der Waals surface area contributed by atoms with Gasteiger partial charge in [-0.05, 0) is 60.8 Å². The lowest BCUT2D eigenvalue weighted by Crippen LogP contribution is -2.50. The van der Waals surface area contributed by atoms with Crippen LogP contribution in [-0.4, -0.2) is 19.2 Å². The molecule has 0 amide bonds. The Hall–Kier alpha value is -1.02. The van der Waals surface area contributed by atoms with E-state index in [1.807, 2.05) is 0 Å². The van der Waals surface area contributed by atoms with Crippen molar-refractivity contribution < 1.29 is 4.74 Å². The van der Waals surface area contributed by atoms with Gasteiger partial charge < -0.3 is 10.1 Å². The third kappa shape index (κ3) is 3.26. The number of aryl methyl sites for hydroxylation is 1. The van der Waals surface area contributed by atoms with Gasteiger partial charge in [0.05, 0.1) is 7.11 Å². The zero-order chi connectivity index (χ0) is 14.9. The van der Waals surface area contributed by atoms with E-state index in [4.69, 9.17) is 4.74 Å². The van der Waals surface area contributed by atoms with E-state index in [0.717, 1.165) is 12.2 Å². The van der Waals surface area contributed by atoms with E-state index >= 15 is 0 Å². The average molecular weight is 287 g/mol. The highest BCUT2D eigenvalue weighted by Crippen LogP contribution is 2.36. The lowest BCUT2D eigenvalue weighted by Gasteiger charge is -2.42. The summed E-state index contributed by atoms with van der Waals surface area (Å²) in [4.78, 5) is 0. The van der Waals surface area contributed by atoms with E-state index < -0.39 is 0 Å². The van der Waals surface area contributed by atoms with E-state index in [-0.39, 0.29) is 0 Å². The Morgan fingerprint density at radius 3 is 2.76 bits per heavy atom. The molecule has 21 heavy (non-hydrogen) atoms. The van der Waals surface area contributed by atoms with Gasteiger partial charge in [-0.3, -0.25) is 0 Å². The highest BCUT2D eigenvalue weighted by Gasteiger charge is 2.34. The number of hydrogen-bond acceptors (Lipinski definition) is 2. The Balaban J connectivity index is 1.68. The number of rotatable bonds is 3. The fraction of sp³-hybridized carbons (Fsp3) is 0.684. The molecular formula is C19H29NO. The van der Waals surface area contributed by atoms with Crippen LogP contribution < -0.4 is 10.1 Å². The van der Waals surface area contributed by atoms with Crippen LogP contribution in [0.3, 0.4) is 0 Å². The third-order valence-electron chi connectivity index (χ3n) is 5.59. The van der Waals surface area contributed by atoms with E-state index in [2.05, 4.69) is 37.4 Å². The van der Waals surface area contributed by atoms with Gasteiger partial charge in [0.15, 0.2) is 0 Å². The van der Waals surface area contributed by atoms with E-state index in [9.17, 15) is 0 Å². The molecule has 0 aromatic heterocycles. The molecule has 2 unspecified atom stereocenters. The molecule has 2 atom stereocenters. The number of fused-ring (bicyclic) bond motifs is 1. The molecule has 0 spiro atoms. The molecule has 0 bridgehead atoms. The molecule has 1 saturated carbocycles. The van der Waals surface area contributed by atoms with Crippen LogP contribution in [0.5, 0.6) is 5.75 Å². The summed E-state index contributed by atoms with van der Waals surface area (Å²) in [6.45, 7) is 4.87. The fourth-order valence-electron chi connectivity index (χ4n) is 4.09.